The van der Waals surface area contributed by atoms with Crippen LogP contribution in [0.1, 0.15) is 0 Å². The maximum Gasteiger partial charge on any atom is 0.201 e. The monoisotopic (exact) mass is 335 g/mol. The van der Waals surface area contributed by atoms with E-state index in [1.54, 1.807) is 4.57 Å². The van der Waals surface area contributed by atoms with Gasteiger partial charge in [-0.05, 0) is 22.0 Å². The molecule has 1 heterocycles. The van der Waals surface area contributed by atoms with Crippen LogP contribution in [-0.4, -0.2) is 30.0 Å². The van der Waals surface area contributed by atoms with Crippen LogP contribution in [0.4, 0.5) is 10.3 Å². The normalized spacial score (nSPS) is 12.2. The van der Waals surface area contributed by atoms with Crippen molar-refractivity contribution in [1.82, 2.24) is 9.55 Å². The van der Waals surface area contributed by atoms with E-state index in [2.05, 4.69) is 20.9 Å². The minimum atomic E-state index is -3.09. The highest BCUT2D eigenvalue weighted by atomic mass is 79.9. The van der Waals surface area contributed by atoms with E-state index in [0.29, 0.717) is 11.0 Å². The Labute approximate surface area is 112 Å². The maximum absolute atomic E-state index is 13.3. The average Bonchev–Trinajstić information content (AvgIpc) is 2.51. The molecule has 2 aromatic rings. The third-order valence-corrected chi connectivity index (χ3v) is 4.04. The summed E-state index contributed by atoms with van der Waals surface area (Å²) in [5.74, 6) is -0.307. The van der Waals surface area contributed by atoms with E-state index in [1.165, 1.54) is 12.1 Å². The van der Waals surface area contributed by atoms with E-state index >= 15 is 0 Å². The van der Waals surface area contributed by atoms with E-state index < -0.39 is 15.7 Å². The minimum Gasteiger partial charge on any atom is -0.369 e. The van der Waals surface area contributed by atoms with Gasteiger partial charge >= 0.3 is 0 Å². The number of rotatable bonds is 3. The van der Waals surface area contributed by atoms with E-state index in [1.807, 2.05) is 0 Å². The first-order valence-corrected chi connectivity index (χ1v) is 7.92. The van der Waals surface area contributed by atoms with Crippen LogP contribution in [0.3, 0.4) is 0 Å². The Balaban J connectivity index is 2.50. The molecule has 2 rings (SSSR count). The number of nitrogen functional groups attached to an aromatic ring is 1. The summed E-state index contributed by atoms with van der Waals surface area (Å²) in [6, 6.07) is 2.79. The largest absolute Gasteiger partial charge is 0.369 e. The van der Waals surface area contributed by atoms with Crippen LogP contribution in [0, 0.1) is 5.82 Å². The molecular weight excluding hydrogens is 325 g/mol. The summed E-state index contributed by atoms with van der Waals surface area (Å²) in [5.41, 5.74) is 6.71. The molecule has 0 aliphatic carbocycles. The molecule has 0 atom stereocenters. The van der Waals surface area contributed by atoms with Crippen LogP contribution in [0.2, 0.25) is 0 Å². The van der Waals surface area contributed by atoms with Crippen LogP contribution in [0.5, 0.6) is 0 Å². The van der Waals surface area contributed by atoms with Gasteiger partial charge in [0.05, 0.1) is 21.3 Å². The Kier molecular flexibility index (Phi) is 3.33. The molecule has 0 saturated heterocycles. The minimum absolute atomic E-state index is 0.0440. The van der Waals surface area contributed by atoms with Gasteiger partial charge < -0.3 is 10.3 Å². The van der Waals surface area contributed by atoms with Crippen molar-refractivity contribution >= 4 is 42.7 Å². The van der Waals surface area contributed by atoms with Crippen molar-refractivity contribution < 1.29 is 12.8 Å². The summed E-state index contributed by atoms with van der Waals surface area (Å²) in [6.45, 7) is 0.194. The molecule has 0 unspecified atom stereocenters. The first-order valence-electron chi connectivity index (χ1n) is 5.06. The fourth-order valence-corrected chi connectivity index (χ4v) is 2.48. The van der Waals surface area contributed by atoms with E-state index in [9.17, 15) is 12.8 Å². The van der Waals surface area contributed by atoms with Gasteiger partial charge in [0.2, 0.25) is 5.95 Å². The Morgan fingerprint density at radius 2 is 2.17 bits per heavy atom. The maximum atomic E-state index is 13.3. The molecule has 0 bridgehead atoms. The molecular formula is C10H11BrFN3O2S. The predicted octanol–water partition coefficient (Wildman–Crippen LogP) is 1.56. The zero-order valence-electron chi connectivity index (χ0n) is 9.52. The highest BCUT2D eigenvalue weighted by molar-refractivity contribution is 9.10. The van der Waals surface area contributed by atoms with Gasteiger partial charge in [0, 0.05) is 18.9 Å². The first-order chi connectivity index (χ1) is 8.28. The van der Waals surface area contributed by atoms with Crippen molar-refractivity contribution in [1.29, 1.82) is 0 Å². The Morgan fingerprint density at radius 1 is 1.50 bits per heavy atom. The molecule has 0 radical (unpaired) electrons. The van der Waals surface area contributed by atoms with Gasteiger partial charge in [0.25, 0.3) is 0 Å². The second-order valence-corrected chi connectivity index (χ2v) is 7.12. The van der Waals surface area contributed by atoms with Crippen LogP contribution in [-0.2, 0) is 16.4 Å². The number of aryl methyl sites for hydroxylation is 1. The van der Waals surface area contributed by atoms with Gasteiger partial charge in [-0.1, -0.05) is 0 Å². The van der Waals surface area contributed by atoms with Crippen molar-refractivity contribution in [2.45, 2.75) is 6.54 Å². The number of nitrogens with two attached hydrogens (primary N) is 1. The zero-order chi connectivity index (χ0) is 13.5. The van der Waals surface area contributed by atoms with Crippen LogP contribution < -0.4 is 5.73 Å². The lowest BCUT2D eigenvalue weighted by Crippen LogP contribution is -2.13. The molecule has 0 amide bonds. The van der Waals surface area contributed by atoms with Gasteiger partial charge in [-0.2, -0.15) is 0 Å². The van der Waals surface area contributed by atoms with E-state index in [-0.39, 0.29) is 22.7 Å². The summed E-state index contributed by atoms with van der Waals surface area (Å²) in [4.78, 5) is 4.00. The van der Waals surface area contributed by atoms with Crippen LogP contribution in [0.15, 0.2) is 16.6 Å². The first kappa shape index (κ1) is 13.3. The third kappa shape index (κ3) is 2.64. The van der Waals surface area contributed by atoms with Gasteiger partial charge in [0.1, 0.15) is 15.7 Å². The molecule has 18 heavy (non-hydrogen) atoms. The molecule has 2 N–H and O–H groups in total. The Morgan fingerprint density at radius 3 is 2.78 bits per heavy atom. The van der Waals surface area contributed by atoms with Crippen LogP contribution in [0.25, 0.3) is 11.0 Å². The number of nitrogens with zero attached hydrogens (tertiary/aromatic N) is 2. The van der Waals surface area contributed by atoms with Crippen molar-refractivity contribution in [2.75, 3.05) is 17.7 Å². The van der Waals surface area contributed by atoms with E-state index in [0.717, 1.165) is 6.26 Å². The topological polar surface area (TPSA) is 78.0 Å². The molecule has 8 heteroatoms. The smallest absolute Gasteiger partial charge is 0.201 e. The highest BCUT2D eigenvalue weighted by Crippen LogP contribution is 2.25. The summed E-state index contributed by atoms with van der Waals surface area (Å²) in [7, 11) is -3.09. The fraction of sp³-hybridized carbons (Fsp3) is 0.300. The van der Waals surface area contributed by atoms with Crippen molar-refractivity contribution in [3.63, 3.8) is 0 Å². The molecule has 98 valence electrons. The van der Waals surface area contributed by atoms with Crippen molar-refractivity contribution in [3.8, 4) is 0 Å². The number of sulfone groups is 1. The third-order valence-electron chi connectivity index (χ3n) is 2.51. The SMILES string of the molecule is CS(=O)(=O)CCn1c(N)nc2cc(F)c(Br)cc21. The molecule has 0 spiro atoms. The molecule has 0 aliphatic rings. The lowest BCUT2D eigenvalue weighted by atomic mass is 10.3. The fourth-order valence-electron chi connectivity index (χ4n) is 1.63. The number of hydrogen-bond acceptors (Lipinski definition) is 4. The van der Waals surface area contributed by atoms with Gasteiger partial charge in [-0.3, -0.25) is 0 Å². The summed E-state index contributed by atoms with van der Waals surface area (Å²) in [6.07, 6.45) is 1.15. The zero-order valence-corrected chi connectivity index (χ0v) is 11.9. The van der Waals surface area contributed by atoms with Crippen molar-refractivity contribution in [3.05, 3.63) is 22.4 Å². The van der Waals surface area contributed by atoms with Crippen molar-refractivity contribution in [2.24, 2.45) is 0 Å². The molecule has 5 nitrogen and oxygen atoms in total. The average molecular weight is 336 g/mol. The Bertz CT molecular complexity index is 711. The quantitative estimate of drug-likeness (QED) is 0.923. The lowest BCUT2D eigenvalue weighted by Gasteiger charge is -2.05. The predicted molar refractivity (Wildman–Crippen MR) is 71.5 cm³/mol. The standard InChI is InChI=1S/C10H11BrFN3O2S/c1-18(16,17)3-2-15-9-4-6(11)7(12)5-8(9)14-10(15)13/h4-5H,2-3H2,1H3,(H2,13,14). The molecule has 1 aromatic heterocycles. The number of benzene rings is 1. The summed E-state index contributed by atoms with van der Waals surface area (Å²) < 4.78 is 37.5. The number of fused-ring (bicyclic) bond motifs is 1. The number of anilines is 1. The Hall–Kier alpha value is -1.15. The summed E-state index contributed by atoms with van der Waals surface area (Å²) >= 11 is 3.08. The lowest BCUT2D eigenvalue weighted by molar-refractivity contribution is 0.596. The molecule has 0 fully saturated rings. The molecule has 0 saturated carbocycles. The number of aromatic nitrogens is 2. The number of hydrogen-bond donors (Lipinski definition) is 1. The van der Waals surface area contributed by atoms with E-state index in [4.69, 9.17) is 5.73 Å². The van der Waals surface area contributed by atoms with Gasteiger partial charge in [-0.15, -0.1) is 0 Å². The number of imidazole rings is 1. The van der Waals surface area contributed by atoms with Gasteiger partial charge in [-0.25, -0.2) is 17.8 Å². The summed E-state index contributed by atoms with van der Waals surface area (Å²) in [5, 5.41) is 0. The number of halogens is 2. The molecule has 1 aromatic carbocycles. The molecule has 0 aliphatic heterocycles. The van der Waals surface area contributed by atoms with Gasteiger partial charge in [0.15, 0.2) is 0 Å². The van der Waals surface area contributed by atoms with Crippen LogP contribution >= 0.6 is 15.9 Å². The highest BCUT2D eigenvalue weighted by Gasteiger charge is 2.13. The second-order valence-electron chi connectivity index (χ2n) is 4.01. The second kappa shape index (κ2) is 4.51.